The van der Waals surface area contributed by atoms with Crippen LogP contribution in [0.25, 0.3) is 10.9 Å². The predicted octanol–water partition coefficient (Wildman–Crippen LogP) is 3.93. The van der Waals surface area contributed by atoms with Crippen molar-refractivity contribution in [1.82, 2.24) is 15.6 Å². The maximum absolute atomic E-state index is 12.3. The van der Waals surface area contributed by atoms with E-state index in [-0.39, 0.29) is 30.5 Å². The topological polar surface area (TPSA) is 52.6 Å². The number of halogens is 4. The number of benzene rings is 1. The van der Waals surface area contributed by atoms with Crippen molar-refractivity contribution in [2.75, 3.05) is 32.1 Å². The molecule has 1 aromatic heterocycles. The van der Waals surface area contributed by atoms with Gasteiger partial charge in [-0.3, -0.25) is 0 Å². The molecule has 1 heterocycles. The van der Waals surface area contributed by atoms with E-state index >= 15 is 0 Å². The zero-order valence-electron chi connectivity index (χ0n) is 15.6. The van der Waals surface area contributed by atoms with Crippen LogP contribution >= 0.6 is 24.0 Å². The van der Waals surface area contributed by atoms with Crippen LogP contribution in [0.4, 0.5) is 19.0 Å². The normalized spacial score (nSPS) is 11.9. The Morgan fingerprint density at radius 2 is 1.89 bits per heavy atom. The van der Waals surface area contributed by atoms with Gasteiger partial charge in [-0.15, -0.1) is 24.0 Å². The van der Waals surface area contributed by atoms with Gasteiger partial charge in [0, 0.05) is 32.6 Å². The summed E-state index contributed by atoms with van der Waals surface area (Å²) in [6, 6.07) is 9.70. The van der Waals surface area contributed by atoms with E-state index in [1.165, 1.54) is 0 Å². The molecule has 0 saturated carbocycles. The summed E-state index contributed by atoms with van der Waals surface area (Å²) in [5, 5.41) is 6.68. The molecule has 0 saturated heterocycles. The van der Waals surface area contributed by atoms with Crippen molar-refractivity contribution in [2.24, 2.45) is 4.99 Å². The highest BCUT2D eigenvalue weighted by Crippen LogP contribution is 2.23. The average molecular weight is 495 g/mol. The standard InChI is InChI=1S/C18H24F3N5.HI/c1-4-22-17(23-10-9-18(19,20)21)24-12-13-11-16(26(2)3)25-15-8-6-5-7-14(13)15;/h5-8,11H,4,9-10,12H2,1-3H3,(H2,22,23,24);1H. The highest BCUT2D eigenvalue weighted by atomic mass is 127. The van der Waals surface area contributed by atoms with Crippen LogP contribution in [0.2, 0.25) is 0 Å². The Morgan fingerprint density at radius 3 is 2.52 bits per heavy atom. The number of aliphatic imine (C=N–C) groups is 1. The summed E-state index contributed by atoms with van der Waals surface area (Å²) in [4.78, 5) is 10.9. The molecular weight excluding hydrogens is 470 g/mol. The van der Waals surface area contributed by atoms with Gasteiger partial charge in [0.2, 0.25) is 0 Å². The lowest BCUT2D eigenvalue weighted by molar-refractivity contribution is -0.132. The molecule has 0 amide bonds. The Balaban J connectivity index is 0.00000364. The molecule has 0 unspecified atom stereocenters. The molecule has 0 atom stereocenters. The largest absolute Gasteiger partial charge is 0.390 e. The first kappa shape index (κ1) is 23.3. The van der Waals surface area contributed by atoms with Gasteiger partial charge in [-0.2, -0.15) is 13.2 Å². The van der Waals surface area contributed by atoms with Crippen LogP contribution < -0.4 is 15.5 Å². The summed E-state index contributed by atoms with van der Waals surface area (Å²) >= 11 is 0. The molecule has 0 radical (unpaired) electrons. The average Bonchev–Trinajstić information content (AvgIpc) is 2.58. The Bertz CT molecular complexity index is 762. The molecule has 0 aliphatic heterocycles. The minimum absolute atomic E-state index is 0. The van der Waals surface area contributed by atoms with Crippen LogP contribution in [-0.4, -0.2) is 44.3 Å². The number of aromatic nitrogens is 1. The van der Waals surface area contributed by atoms with Crippen molar-refractivity contribution in [2.45, 2.75) is 26.1 Å². The van der Waals surface area contributed by atoms with Crippen LogP contribution in [0, 0.1) is 0 Å². The summed E-state index contributed by atoms with van der Waals surface area (Å²) in [6.45, 7) is 2.56. The van der Waals surface area contributed by atoms with Gasteiger partial charge in [-0.1, -0.05) is 18.2 Å². The van der Waals surface area contributed by atoms with Crippen molar-refractivity contribution in [3.05, 3.63) is 35.9 Å². The van der Waals surface area contributed by atoms with E-state index in [0.717, 1.165) is 22.3 Å². The second-order valence-corrected chi connectivity index (χ2v) is 6.04. The fourth-order valence-electron chi connectivity index (χ4n) is 2.42. The van der Waals surface area contributed by atoms with Crippen LogP contribution in [0.5, 0.6) is 0 Å². The number of fused-ring (bicyclic) bond motifs is 1. The van der Waals surface area contributed by atoms with E-state index in [9.17, 15) is 13.2 Å². The van der Waals surface area contributed by atoms with E-state index in [0.29, 0.717) is 19.0 Å². The first-order chi connectivity index (χ1) is 12.3. The lowest BCUT2D eigenvalue weighted by atomic mass is 10.1. The number of hydrogen-bond acceptors (Lipinski definition) is 3. The maximum atomic E-state index is 12.3. The number of alkyl halides is 3. The third-order valence-electron chi connectivity index (χ3n) is 3.70. The van der Waals surface area contributed by atoms with Crippen LogP contribution in [-0.2, 0) is 6.54 Å². The number of anilines is 1. The van der Waals surface area contributed by atoms with Gasteiger partial charge in [-0.05, 0) is 24.6 Å². The van der Waals surface area contributed by atoms with Crippen LogP contribution in [0.3, 0.4) is 0 Å². The molecule has 0 fully saturated rings. The molecule has 2 aromatic rings. The molecule has 150 valence electrons. The smallest absolute Gasteiger partial charge is 0.363 e. The predicted molar refractivity (Wildman–Crippen MR) is 115 cm³/mol. The summed E-state index contributed by atoms with van der Waals surface area (Å²) in [5.41, 5.74) is 1.83. The van der Waals surface area contributed by atoms with Gasteiger partial charge in [0.25, 0.3) is 0 Å². The Kier molecular flexibility index (Phi) is 9.07. The lowest BCUT2D eigenvalue weighted by Gasteiger charge is -2.15. The third-order valence-corrected chi connectivity index (χ3v) is 3.70. The number of rotatable bonds is 6. The number of nitrogens with one attached hydrogen (secondary N) is 2. The summed E-state index contributed by atoms with van der Waals surface area (Å²) in [7, 11) is 3.82. The molecule has 1 aromatic carbocycles. The maximum Gasteiger partial charge on any atom is 0.390 e. The molecule has 27 heavy (non-hydrogen) atoms. The van der Waals surface area contributed by atoms with Crippen molar-refractivity contribution in [3.8, 4) is 0 Å². The number of hydrogen-bond donors (Lipinski definition) is 2. The van der Waals surface area contributed by atoms with E-state index in [1.54, 1.807) is 0 Å². The second-order valence-electron chi connectivity index (χ2n) is 6.04. The fraction of sp³-hybridized carbons (Fsp3) is 0.444. The van der Waals surface area contributed by atoms with E-state index < -0.39 is 12.6 Å². The van der Waals surface area contributed by atoms with Crippen LogP contribution in [0.15, 0.2) is 35.3 Å². The van der Waals surface area contributed by atoms with Gasteiger partial charge in [0.15, 0.2) is 5.96 Å². The first-order valence-corrected chi connectivity index (χ1v) is 8.45. The molecule has 0 spiro atoms. The van der Waals surface area contributed by atoms with Crippen molar-refractivity contribution < 1.29 is 13.2 Å². The molecule has 2 rings (SSSR count). The zero-order valence-corrected chi connectivity index (χ0v) is 17.9. The quantitative estimate of drug-likeness (QED) is 0.363. The molecule has 0 aliphatic rings. The summed E-state index contributed by atoms with van der Waals surface area (Å²) in [5.74, 6) is 1.17. The molecule has 0 bridgehead atoms. The van der Waals surface area contributed by atoms with Gasteiger partial charge >= 0.3 is 6.18 Å². The zero-order chi connectivity index (χ0) is 19.2. The molecule has 0 aliphatic carbocycles. The van der Waals surface area contributed by atoms with Gasteiger partial charge < -0.3 is 15.5 Å². The first-order valence-electron chi connectivity index (χ1n) is 8.45. The summed E-state index contributed by atoms with van der Waals surface area (Å²) in [6.07, 6.45) is -5.09. The fourth-order valence-corrected chi connectivity index (χ4v) is 2.42. The van der Waals surface area contributed by atoms with Gasteiger partial charge in [-0.25, -0.2) is 9.98 Å². The number of pyridine rings is 1. The number of para-hydroxylation sites is 1. The molecule has 5 nitrogen and oxygen atoms in total. The highest BCUT2D eigenvalue weighted by Gasteiger charge is 2.26. The Labute approximate surface area is 174 Å². The number of guanidine groups is 1. The van der Waals surface area contributed by atoms with Gasteiger partial charge in [0.05, 0.1) is 18.5 Å². The number of nitrogens with zero attached hydrogens (tertiary/aromatic N) is 3. The van der Waals surface area contributed by atoms with E-state index in [2.05, 4.69) is 20.6 Å². The lowest BCUT2D eigenvalue weighted by Crippen LogP contribution is -2.38. The van der Waals surface area contributed by atoms with Crippen molar-refractivity contribution in [1.29, 1.82) is 0 Å². The van der Waals surface area contributed by atoms with Crippen LogP contribution in [0.1, 0.15) is 18.9 Å². The third kappa shape index (κ3) is 7.39. The Hall–Kier alpha value is -1.78. The van der Waals surface area contributed by atoms with E-state index in [4.69, 9.17) is 0 Å². The SMILES string of the molecule is CCNC(=NCc1cc(N(C)C)nc2ccccc12)NCCC(F)(F)F.I. The van der Waals surface area contributed by atoms with Crippen molar-refractivity contribution in [3.63, 3.8) is 0 Å². The van der Waals surface area contributed by atoms with Gasteiger partial charge in [0.1, 0.15) is 5.82 Å². The molecule has 9 heteroatoms. The monoisotopic (exact) mass is 495 g/mol. The molecule has 2 N–H and O–H groups in total. The highest BCUT2D eigenvalue weighted by molar-refractivity contribution is 14.0. The molecular formula is C18H25F3IN5. The minimum atomic E-state index is -4.19. The second kappa shape index (κ2) is 10.5. The van der Waals surface area contributed by atoms with Crippen molar-refractivity contribution >= 4 is 46.7 Å². The summed E-state index contributed by atoms with van der Waals surface area (Å²) < 4.78 is 37.0. The minimum Gasteiger partial charge on any atom is -0.363 e. The Morgan fingerprint density at radius 1 is 1.19 bits per heavy atom. The van der Waals surface area contributed by atoms with E-state index in [1.807, 2.05) is 56.3 Å².